The van der Waals surface area contributed by atoms with Crippen LogP contribution in [0.1, 0.15) is 12.8 Å². The second-order valence-electron chi connectivity index (χ2n) is 6.94. The maximum atomic E-state index is 2.48. The topological polar surface area (TPSA) is 0 Å². The van der Waals surface area contributed by atoms with E-state index in [1.165, 1.54) is 36.4 Å². The highest BCUT2D eigenvalue weighted by molar-refractivity contribution is 7.99. The average Bonchev–Trinajstić information content (AvgIpc) is 1.98. The SMILES string of the molecule is C[Si](C)(C)CCCSCCC[Si](C)(C)C. The summed E-state index contributed by atoms with van der Waals surface area (Å²) in [5.74, 6) is 2.80. The molecule has 0 unspecified atom stereocenters. The maximum absolute atomic E-state index is 2.48. The summed E-state index contributed by atoms with van der Waals surface area (Å²) < 4.78 is 0. The van der Waals surface area contributed by atoms with Crippen LogP contribution in [-0.4, -0.2) is 27.7 Å². The van der Waals surface area contributed by atoms with E-state index in [9.17, 15) is 0 Å². The van der Waals surface area contributed by atoms with Crippen LogP contribution in [0.5, 0.6) is 0 Å². The molecule has 0 heterocycles. The van der Waals surface area contributed by atoms with Crippen molar-refractivity contribution in [1.82, 2.24) is 0 Å². The van der Waals surface area contributed by atoms with E-state index in [2.05, 4.69) is 51.0 Å². The molecule has 0 aliphatic heterocycles. The van der Waals surface area contributed by atoms with Gasteiger partial charge < -0.3 is 0 Å². The van der Waals surface area contributed by atoms with Crippen molar-refractivity contribution in [1.29, 1.82) is 0 Å². The van der Waals surface area contributed by atoms with Gasteiger partial charge in [-0.25, -0.2) is 0 Å². The lowest BCUT2D eigenvalue weighted by molar-refractivity contribution is 1.04. The zero-order valence-corrected chi connectivity index (χ0v) is 14.5. The third-order valence-electron chi connectivity index (χ3n) is 2.43. The Bertz CT molecular complexity index is 138. The highest BCUT2D eigenvalue weighted by Crippen LogP contribution is 2.17. The summed E-state index contributed by atoms with van der Waals surface area (Å²) in [7, 11) is -1.52. The normalized spacial score (nSPS) is 13.2. The molecule has 0 aromatic heterocycles. The van der Waals surface area contributed by atoms with E-state index < -0.39 is 16.1 Å². The molecule has 3 heteroatoms. The van der Waals surface area contributed by atoms with Crippen molar-refractivity contribution in [3.8, 4) is 0 Å². The molecular weight excluding hydrogens is 232 g/mol. The van der Waals surface area contributed by atoms with E-state index >= 15 is 0 Å². The number of hydrogen-bond donors (Lipinski definition) is 0. The second kappa shape index (κ2) is 7.18. The van der Waals surface area contributed by atoms with Gasteiger partial charge in [-0.05, 0) is 24.3 Å². The fraction of sp³-hybridized carbons (Fsp3) is 1.00. The standard InChI is InChI=1S/C12H30SSi2/c1-14(2,3)11-7-9-13-10-8-12-15(4,5)6/h7-12H2,1-6H3. The van der Waals surface area contributed by atoms with Crippen molar-refractivity contribution in [2.75, 3.05) is 11.5 Å². The van der Waals surface area contributed by atoms with Crippen molar-refractivity contribution < 1.29 is 0 Å². The number of thioether (sulfide) groups is 1. The molecule has 0 aliphatic carbocycles. The molecule has 0 fully saturated rings. The van der Waals surface area contributed by atoms with Crippen molar-refractivity contribution in [3.63, 3.8) is 0 Å². The van der Waals surface area contributed by atoms with E-state index in [4.69, 9.17) is 0 Å². The smallest absolute Gasteiger partial charge is 0.0442 e. The molecule has 0 saturated heterocycles. The Balaban J connectivity index is 3.20. The molecule has 0 aromatic rings. The number of hydrogen-bond acceptors (Lipinski definition) is 1. The Morgan fingerprint density at radius 1 is 0.667 bits per heavy atom. The van der Waals surface area contributed by atoms with E-state index in [1.54, 1.807) is 0 Å². The Morgan fingerprint density at radius 3 is 1.27 bits per heavy atom. The van der Waals surface area contributed by atoms with Gasteiger partial charge in [-0.1, -0.05) is 51.4 Å². The lowest BCUT2D eigenvalue weighted by Gasteiger charge is -2.16. The first-order valence-corrected chi connectivity index (χ1v) is 14.9. The van der Waals surface area contributed by atoms with E-state index in [0.29, 0.717) is 0 Å². The van der Waals surface area contributed by atoms with Crippen LogP contribution in [0.2, 0.25) is 51.4 Å². The van der Waals surface area contributed by atoms with E-state index in [1.807, 2.05) is 0 Å². The summed E-state index contributed by atoms with van der Waals surface area (Å²) in [5.41, 5.74) is 0. The molecule has 0 spiro atoms. The maximum Gasteiger partial charge on any atom is 0.0442 e. The molecule has 0 aromatic carbocycles. The molecule has 0 bridgehead atoms. The summed E-state index contributed by atoms with van der Waals surface area (Å²) in [4.78, 5) is 0. The van der Waals surface area contributed by atoms with Gasteiger partial charge in [0, 0.05) is 16.1 Å². The average molecular weight is 263 g/mol. The minimum Gasteiger partial charge on any atom is -0.162 e. The third-order valence-corrected chi connectivity index (χ3v) is 7.29. The first-order chi connectivity index (χ1) is 6.71. The van der Waals surface area contributed by atoms with Crippen LogP contribution >= 0.6 is 11.8 Å². The van der Waals surface area contributed by atoms with Crippen LogP contribution < -0.4 is 0 Å². The molecule has 0 atom stereocenters. The largest absolute Gasteiger partial charge is 0.162 e. The van der Waals surface area contributed by atoms with Crippen LogP contribution in [0, 0.1) is 0 Å². The van der Waals surface area contributed by atoms with E-state index in [0.717, 1.165) is 0 Å². The Kier molecular flexibility index (Phi) is 7.55. The van der Waals surface area contributed by atoms with Gasteiger partial charge in [-0.3, -0.25) is 0 Å². The van der Waals surface area contributed by atoms with Gasteiger partial charge >= 0.3 is 0 Å². The molecule has 0 radical (unpaired) electrons. The monoisotopic (exact) mass is 262 g/mol. The first kappa shape index (κ1) is 15.8. The molecule has 92 valence electrons. The second-order valence-corrected chi connectivity index (χ2v) is 19.4. The van der Waals surface area contributed by atoms with Gasteiger partial charge in [-0.2, -0.15) is 11.8 Å². The lowest BCUT2D eigenvalue weighted by atomic mass is 10.6. The summed E-state index contributed by atoms with van der Waals surface area (Å²) in [6.45, 7) is 14.9. The van der Waals surface area contributed by atoms with E-state index in [-0.39, 0.29) is 0 Å². The van der Waals surface area contributed by atoms with Crippen molar-refractivity contribution in [2.45, 2.75) is 64.2 Å². The van der Waals surface area contributed by atoms with Crippen LogP contribution in [0.4, 0.5) is 0 Å². The Hall–Kier alpha value is 0.784. The van der Waals surface area contributed by atoms with Crippen LogP contribution in [0.25, 0.3) is 0 Å². The number of rotatable bonds is 8. The zero-order valence-electron chi connectivity index (χ0n) is 11.7. The minimum absolute atomic E-state index is 0.762. The van der Waals surface area contributed by atoms with Gasteiger partial charge in [0.15, 0.2) is 0 Å². The van der Waals surface area contributed by atoms with Gasteiger partial charge in [0.1, 0.15) is 0 Å². The third kappa shape index (κ3) is 14.8. The van der Waals surface area contributed by atoms with Gasteiger partial charge in [0.25, 0.3) is 0 Å². The van der Waals surface area contributed by atoms with Crippen LogP contribution in [-0.2, 0) is 0 Å². The molecule has 0 saturated carbocycles. The first-order valence-electron chi connectivity index (χ1n) is 6.28. The molecule has 0 N–H and O–H groups in total. The lowest BCUT2D eigenvalue weighted by Crippen LogP contribution is -2.19. The fourth-order valence-corrected chi connectivity index (χ4v) is 5.40. The summed E-state index contributed by atoms with van der Waals surface area (Å²) in [6, 6.07) is 3.02. The summed E-state index contributed by atoms with van der Waals surface area (Å²) in [6.07, 6.45) is 2.90. The van der Waals surface area contributed by atoms with Crippen molar-refractivity contribution >= 4 is 27.9 Å². The molecular formula is C12H30SSi2. The fourth-order valence-electron chi connectivity index (χ4n) is 1.51. The predicted molar refractivity (Wildman–Crippen MR) is 82.9 cm³/mol. The van der Waals surface area contributed by atoms with Gasteiger partial charge in [-0.15, -0.1) is 0 Å². The highest BCUT2D eigenvalue weighted by Gasteiger charge is 2.12. The molecule has 0 rings (SSSR count). The minimum atomic E-state index is -0.762. The summed E-state index contributed by atoms with van der Waals surface area (Å²) in [5, 5.41) is 0. The molecule has 0 aliphatic rings. The summed E-state index contributed by atoms with van der Waals surface area (Å²) >= 11 is 2.18. The predicted octanol–water partition coefficient (Wildman–Crippen LogP) is 5.18. The van der Waals surface area contributed by atoms with Gasteiger partial charge in [0.2, 0.25) is 0 Å². The van der Waals surface area contributed by atoms with Crippen LogP contribution in [0.15, 0.2) is 0 Å². The molecule has 0 nitrogen and oxygen atoms in total. The zero-order chi connectivity index (χ0) is 11.9. The van der Waals surface area contributed by atoms with Crippen LogP contribution in [0.3, 0.4) is 0 Å². The Morgan fingerprint density at radius 2 is 1.00 bits per heavy atom. The molecule has 15 heavy (non-hydrogen) atoms. The highest BCUT2D eigenvalue weighted by atomic mass is 32.2. The molecule has 0 amide bonds. The van der Waals surface area contributed by atoms with Gasteiger partial charge in [0.05, 0.1) is 0 Å². The van der Waals surface area contributed by atoms with Crippen molar-refractivity contribution in [2.24, 2.45) is 0 Å². The van der Waals surface area contributed by atoms with Crippen molar-refractivity contribution in [3.05, 3.63) is 0 Å². The quantitative estimate of drug-likeness (QED) is 0.429. The Labute approximate surface area is 104 Å².